The van der Waals surface area contributed by atoms with Gasteiger partial charge in [0.1, 0.15) is 11.4 Å². The number of nitrogens with one attached hydrogen (secondary N) is 1. The summed E-state index contributed by atoms with van der Waals surface area (Å²) in [5, 5.41) is 11.6. The van der Waals surface area contributed by atoms with Crippen LogP contribution in [-0.4, -0.2) is 17.0 Å². The fourth-order valence-electron chi connectivity index (χ4n) is 1.92. The number of halogens is 2. The quantitative estimate of drug-likeness (QED) is 0.907. The lowest BCUT2D eigenvalue weighted by molar-refractivity contribution is 0.0698. The van der Waals surface area contributed by atoms with Crippen LogP contribution in [0, 0.1) is 12.7 Å². The Morgan fingerprint density at radius 2 is 1.95 bits per heavy atom. The Morgan fingerprint density at radius 1 is 1.24 bits per heavy atom. The van der Waals surface area contributed by atoms with Gasteiger partial charge in [0.15, 0.2) is 0 Å². The van der Waals surface area contributed by atoms with Crippen molar-refractivity contribution < 1.29 is 19.1 Å². The number of carboxylic acids is 1. The first-order valence-corrected chi connectivity index (χ1v) is 6.37. The van der Waals surface area contributed by atoms with Crippen LogP contribution < -0.4 is 5.32 Å². The minimum atomic E-state index is -1.24. The first-order chi connectivity index (χ1) is 9.90. The molecule has 1 amide bonds. The van der Waals surface area contributed by atoms with Crippen LogP contribution in [-0.2, 0) is 0 Å². The van der Waals surface area contributed by atoms with E-state index in [2.05, 4.69) is 5.32 Å². The van der Waals surface area contributed by atoms with E-state index in [4.69, 9.17) is 16.7 Å². The molecule has 0 aliphatic rings. The van der Waals surface area contributed by atoms with Crippen LogP contribution in [0.5, 0.6) is 0 Å². The van der Waals surface area contributed by atoms with Crippen molar-refractivity contribution in [2.45, 2.75) is 6.92 Å². The maximum absolute atomic E-state index is 13.0. The number of carboxylic acid groups (broad SMARTS) is 1. The zero-order valence-electron chi connectivity index (χ0n) is 11.0. The molecule has 0 atom stereocenters. The van der Waals surface area contributed by atoms with Crippen LogP contribution in [0.3, 0.4) is 0 Å². The van der Waals surface area contributed by atoms with Crippen molar-refractivity contribution in [3.63, 3.8) is 0 Å². The van der Waals surface area contributed by atoms with E-state index in [1.807, 2.05) is 0 Å². The van der Waals surface area contributed by atoms with Gasteiger partial charge in [-0.05, 0) is 42.8 Å². The van der Waals surface area contributed by atoms with Crippen LogP contribution in [0.1, 0.15) is 26.3 Å². The second-order valence-corrected chi connectivity index (χ2v) is 4.79. The molecule has 0 fully saturated rings. The third kappa shape index (κ3) is 3.20. The molecule has 2 N–H and O–H groups in total. The van der Waals surface area contributed by atoms with Gasteiger partial charge in [-0.2, -0.15) is 0 Å². The summed E-state index contributed by atoms with van der Waals surface area (Å²) >= 11 is 5.82. The molecule has 0 saturated heterocycles. The van der Waals surface area contributed by atoms with Crippen molar-refractivity contribution in [3.05, 3.63) is 63.9 Å². The predicted octanol–water partition coefficient (Wildman–Crippen LogP) is 3.74. The van der Waals surface area contributed by atoms with Crippen molar-refractivity contribution in [2.24, 2.45) is 0 Å². The summed E-state index contributed by atoms with van der Waals surface area (Å²) in [5.74, 6) is -2.22. The smallest absolute Gasteiger partial charge is 0.339 e. The molecule has 4 nitrogen and oxygen atoms in total. The highest BCUT2D eigenvalue weighted by atomic mass is 35.5. The number of aryl methyl sites for hydroxylation is 1. The summed E-state index contributed by atoms with van der Waals surface area (Å²) in [7, 11) is 0. The van der Waals surface area contributed by atoms with Crippen molar-refractivity contribution >= 4 is 29.2 Å². The molecular formula is C15H11ClFNO3. The lowest BCUT2D eigenvalue weighted by Gasteiger charge is -2.11. The molecule has 2 aromatic rings. The van der Waals surface area contributed by atoms with Crippen molar-refractivity contribution in [1.82, 2.24) is 0 Å². The number of amides is 1. The standard InChI is InChI=1S/C15H11ClFNO3/c1-8-7-9(17)5-6-10(8)14(19)18-12-4-2-3-11(16)13(12)15(20)21/h2-7H,1H3,(H,18,19)(H,20,21). The summed E-state index contributed by atoms with van der Waals surface area (Å²) < 4.78 is 13.0. The fraction of sp³-hybridized carbons (Fsp3) is 0.0667. The summed E-state index contributed by atoms with van der Waals surface area (Å²) in [4.78, 5) is 23.3. The molecule has 0 heterocycles. The van der Waals surface area contributed by atoms with E-state index < -0.39 is 17.7 Å². The maximum Gasteiger partial charge on any atom is 0.339 e. The van der Waals surface area contributed by atoms with E-state index in [0.29, 0.717) is 5.56 Å². The van der Waals surface area contributed by atoms with Gasteiger partial charge in [-0.15, -0.1) is 0 Å². The lowest BCUT2D eigenvalue weighted by atomic mass is 10.1. The number of hydrogen-bond donors (Lipinski definition) is 2. The Bertz CT molecular complexity index is 731. The van der Waals surface area contributed by atoms with Gasteiger partial charge in [0, 0.05) is 5.56 Å². The number of carbonyl (C=O) groups is 2. The molecule has 108 valence electrons. The van der Waals surface area contributed by atoms with Crippen molar-refractivity contribution in [3.8, 4) is 0 Å². The van der Waals surface area contributed by atoms with Gasteiger partial charge in [-0.1, -0.05) is 17.7 Å². The van der Waals surface area contributed by atoms with E-state index in [9.17, 15) is 14.0 Å². The lowest BCUT2D eigenvalue weighted by Crippen LogP contribution is -2.16. The molecule has 2 aromatic carbocycles. The van der Waals surface area contributed by atoms with E-state index in [1.54, 1.807) is 6.92 Å². The van der Waals surface area contributed by atoms with Gasteiger partial charge in [-0.3, -0.25) is 4.79 Å². The van der Waals surface area contributed by atoms with Crippen molar-refractivity contribution in [1.29, 1.82) is 0 Å². The third-order valence-corrected chi connectivity index (χ3v) is 3.22. The van der Waals surface area contributed by atoms with Crippen molar-refractivity contribution in [2.75, 3.05) is 5.32 Å². The second kappa shape index (κ2) is 5.93. The number of aromatic carboxylic acids is 1. The molecule has 2 rings (SSSR count). The molecule has 0 aliphatic heterocycles. The third-order valence-electron chi connectivity index (χ3n) is 2.91. The predicted molar refractivity (Wildman–Crippen MR) is 77.5 cm³/mol. The summed E-state index contributed by atoms with van der Waals surface area (Å²) in [5.41, 5.74) is 0.607. The minimum Gasteiger partial charge on any atom is -0.478 e. The van der Waals surface area contributed by atoms with Gasteiger partial charge >= 0.3 is 5.97 Å². The van der Waals surface area contributed by atoms with Crippen LogP contribution in [0.2, 0.25) is 5.02 Å². The van der Waals surface area contributed by atoms with Gasteiger partial charge in [0.05, 0.1) is 10.7 Å². The van der Waals surface area contributed by atoms with E-state index in [0.717, 1.165) is 6.07 Å². The number of hydrogen-bond acceptors (Lipinski definition) is 2. The largest absolute Gasteiger partial charge is 0.478 e. The average Bonchev–Trinajstić information content (AvgIpc) is 2.37. The number of carbonyl (C=O) groups excluding carboxylic acids is 1. The SMILES string of the molecule is Cc1cc(F)ccc1C(=O)Nc1cccc(Cl)c1C(=O)O. The van der Waals surface area contributed by atoms with E-state index in [1.165, 1.54) is 30.3 Å². The molecular weight excluding hydrogens is 297 g/mol. The highest BCUT2D eigenvalue weighted by molar-refractivity contribution is 6.34. The van der Waals surface area contributed by atoms with Crippen LogP contribution in [0.4, 0.5) is 10.1 Å². The Kier molecular flexibility index (Phi) is 4.23. The Labute approximate surface area is 125 Å². The summed E-state index contributed by atoms with van der Waals surface area (Å²) in [6, 6.07) is 8.12. The molecule has 0 aliphatic carbocycles. The monoisotopic (exact) mass is 307 g/mol. The first kappa shape index (κ1) is 15.0. The maximum atomic E-state index is 13.0. The van der Waals surface area contributed by atoms with E-state index in [-0.39, 0.29) is 21.8 Å². The molecule has 21 heavy (non-hydrogen) atoms. The van der Waals surface area contributed by atoms with Crippen LogP contribution in [0.15, 0.2) is 36.4 Å². The molecule has 6 heteroatoms. The second-order valence-electron chi connectivity index (χ2n) is 4.38. The molecule has 0 unspecified atom stereocenters. The fourth-order valence-corrected chi connectivity index (χ4v) is 2.17. The number of benzene rings is 2. The van der Waals surface area contributed by atoms with E-state index >= 15 is 0 Å². The first-order valence-electron chi connectivity index (χ1n) is 5.99. The minimum absolute atomic E-state index is 0.0242. The average molecular weight is 308 g/mol. The van der Waals surface area contributed by atoms with Crippen LogP contribution >= 0.6 is 11.6 Å². The van der Waals surface area contributed by atoms with Gasteiger partial charge < -0.3 is 10.4 Å². The van der Waals surface area contributed by atoms with Gasteiger partial charge in [0.25, 0.3) is 5.91 Å². The zero-order chi connectivity index (χ0) is 15.6. The molecule has 0 spiro atoms. The van der Waals surface area contributed by atoms with Crippen LogP contribution in [0.25, 0.3) is 0 Å². The normalized spacial score (nSPS) is 10.2. The summed E-state index contributed by atoms with van der Waals surface area (Å²) in [6.45, 7) is 1.59. The Balaban J connectivity index is 2.36. The number of anilines is 1. The molecule has 0 aromatic heterocycles. The highest BCUT2D eigenvalue weighted by Gasteiger charge is 2.17. The summed E-state index contributed by atoms with van der Waals surface area (Å²) in [6.07, 6.45) is 0. The zero-order valence-corrected chi connectivity index (χ0v) is 11.7. The highest BCUT2D eigenvalue weighted by Crippen LogP contribution is 2.25. The Hall–Kier alpha value is -2.40. The topological polar surface area (TPSA) is 66.4 Å². The molecule has 0 radical (unpaired) electrons. The molecule has 0 bridgehead atoms. The van der Waals surface area contributed by atoms with Gasteiger partial charge in [-0.25, -0.2) is 9.18 Å². The number of rotatable bonds is 3. The van der Waals surface area contributed by atoms with Gasteiger partial charge in [0.2, 0.25) is 0 Å². The Morgan fingerprint density at radius 3 is 2.57 bits per heavy atom. The molecule has 0 saturated carbocycles.